The molecule has 0 spiro atoms. The fourth-order valence-corrected chi connectivity index (χ4v) is 3.53. The van der Waals surface area contributed by atoms with Crippen molar-refractivity contribution in [3.63, 3.8) is 0 Å². The Morgan fingerprint density at radius 2 is 1.43 bits per heavy atom. The molecule has 0 aliphatic heterocycles. The van der Waals surface area contributed by atoms with E-state index >= 15 is 0 Å². The van der Waals surface area contributed by atoms with Gasteiger partial charge in [0.15, 0.2) is 0 Å². The van der Waals surface area contributed by atoms with E-state index in [1.165, 1.54) is 0 Å². The normalized spacial score (nSPS) is 26.1. The van der Waals surface area contributed by atoms with Gasteiger partial charge < -0.3 is 9.59 Å². The van der Waals surface area contributed by atoms with Gasteiger partial charge >= 0.3 is 0 Å². The Kier molecular flexibility index (Phi) is 3.05. The Bertz CT molecular complexity index is 670. The summed E-state index contributed by atoms with van der Waals surface area (Å²) in [5.41, 5.74) is 2.22. The van der Waals surface area contributed by atoms with Crippen LogP contribution in [0.25, 0.3) is 11.1 Å². The number of carbonyl (C=O) groups excluding carboxylic acids is 2. The van der Waals surface area contributed by atoms with Crippen molar-refractivity contribution < 1.29 is 9.59 Å². The van der Waals surface area contributed by atoms with Gasteiger partial charge in [-0.3, -0.25) is 0 Å². The zero-order valence-corrected chi connectivity index (χ0v) is 12.2. The molecule has 0 saturated heterocycles. The van der Waals surface area contributed by atoms with Gasteiger partial charge in [0.2, 0.25) is 0 Å². The summed E-state index contributed by atoms with van der Waals surface area (Å²) in [4.78, 5) is 22.9. The van der Waals surface area contributed by atoms with Crippen LogP contribution in [0.15, 0.2) is 54.6 Å². The lowest BCUT2D eigenvalue weighted by Gasteiger charge is -2.14. The monoisotopic (exact) mass is 278 g/mol. The molecule has 0 amide bonds. The quantitative estimate of drug-likeness (QED) is 0.800. The summed E-state index contributed by atoms with van der Waals surface area (Å²) in [6, 6.07) is 18.1. The molecule has 1 aliphatic carbocycles. The third-order valence-corrected chi connectivity index (χ3v) is 5.04. The molecule has 106 valence electrons. The minimum Gasteiger partial charge on any atom is -0.303 e. The molecule has 21 heavy (non-hydrogen) atoms. The molecule has 3 rings (SSSR count). The predicted molar refractivity (Wildman–Crippen MR) is 83.0 cm³/mol. The molecule has 0 N–H and O–H groups in total. The van der Waals surface area contributed by atoms with E-state index in [0.29, 0.717) is 0 Å². The molecule has 2 nitrogen and oxygen atoms in total. The van der Waals surface area contributed by atoms with E-state index in [9.17, 15) is 9.59 Å². The minimum absolute atomic E-state index is 0.231. The predicted octanol–water partition coefficient (Wildman–Crippen LogP) is 3.65. The van der Waals surface area contributed by atoms with Crippen molar-refractivity contribution in [2.75, 3.05) is 0 Å². The number of rotatable bonds is 4. The maximum atomic E-state index is 11.7. The van der Waals surface area contributed by atoms with Crippen LogP contribution >= 0.6 is 0 Å². The molecule has 2 aromatic carbocycles. The van der Waals surface area contributed by atoms with E-state index in [0.717, 1.165) is 29.3 Å². The Hall–Kier alpha value is -2.22. The second-order valence-corrected chi connectivity index (χ2v) is 6.27. The van der Waals surface area contributed by atoms with E-state index in [-0.39, 0.29) is 11.3 Å². The molecular formula is C19H18O2. The van der Waals surface area contributed by atoms with E-state index in [4.69, 9.17) is 0 Å². The van der Waals surface area contributed by atoms with E-state index in [1.807, 2.05) is 56.3 Å². The summed E-state index contributed by atoms with van der Waals surface area (Å²) in [6.07, 6.45) is 1.86. The highest BCUT2D eigenvalue weighted by atomic mass is 16.1. The van der Waals surface area contributed by atoms with Gasteiger partial charge in [0.25, 0.3) is 0 Å². The van der Waals surface area contributed by atoms with Crippen LogP contribution in [-0.2, 0) is 15.0 Å². The van der Waals surface area contributed by atoms with Crippen molar-refractivity contribution in [2.45, 2.75) is 19.3 Å². The number of hydrogen-bond acceptors (Lipinski definition) is 2. The first kappa shape index (κ1) is 13.7. The van der Waals surface area contributed by atoms with Gasteiger partial charge in [-0.2, -0.15) is 0 Å². The Balaban J connectivity index is 1.99. The first-order valence-electron chi connectivity index (χ1n) is 7.15. The summed E-state index contributed by atoms with van der Waals surface area (Å²) in [6.45, 7) is 3.96. The van der Waals surface area contributed by atoms with Crippen LogP contribution in [0.1, 0.15) is 19.4 Å². The summed E-state index contributed by atoms with van der Waals surface area (Å²) < 4.78 is 0. The maximum absolute atomic E-state index is 11.7. The highest BCUT2D eigenvalue weighted by Gasteiger charge is 2.72. The molecule has 2 aromatic rings. The van der Waals surface area contributed by atoms with Crippen LogP contribution in [-0.4, -0.2) is 12.6 Å². The van der Waals surface area contributed by atoms with Crippen molar-refractivity contribution in [1.29, 1.82) is 0 Å². The van der Waals surface area contributed by atoms with Crippen molar-refractivity contribution >= 4 is 12.6 Å². The van der Waals surface area contributed by atoms with Crippen molar-refractivity contribution in [1.82, 2.24) is 0 Å². The van der Waals surface area contributed by atoms with Gasteiger partial charge in [-0.25, -0.2) is 0 Å². The summed E-state index contributed by atoms with van der Waals surface area (Å²) in [5, 5.41) is 0. The molecule has 0 bridgehead atoms. The van der Waals surface area contributed by atoms with Crippen LogP contribution in [0.3, 0.4) is 0 Å². The van der Waals surface area contributed by atoms with E-state index in [1.54, 1.807) is 0 Å². The van der Waals surface area contributed by atoms with Crippen LogP contribution in [0, 0.1) is 11.3 Å². The van der Waals surface area contributed by atoms with Crippen LogP contribution in [0.4, 0.5) is 0 Å². The van der Waals surface area contributed by atoms with Crippen molar-refractivity contribution in [3.8, 4) is 11.1 Å². The summed E-state index contributed by atoms with van der Waals surface area (Å²) in [7, 11) is 0. The average molecular weight is 278 g/mol. The van der Waals surface area contributed by atoms with Gasteiger partial charge in [0, 0.05) is 5.92 Å². The summed E-state index contributed by atoms with van der Waals surface area (Å²) in [5.74, 6) is -0.231. The summed E-state index contributed by atoms with van der Waals surface area (Å²) >= 11 is 0. The van der Waals surface area contributed by atoms with Crippen LogP contribution in [0.5, 0.6) is 0 Å². The fraction of sp³-hybridized carbons (Fsp3) is 0.263. The number of aldehydes is 2. The standard InChI is InChI=1S/C19H18O2/c1-18(2)17(12-20)19(18,13-21)16-10-8-15(9-11-16)14-6-4-3-5-7-14/h3-13,17H,1-2H3. The van der Waals surface area contributed by atoms with Gasteiger partial charge in [-0.15, -0.1) is 0 Å². The second-order valence-electron chi connectivity index (χ2n) is 6.27. The van der Waals surface area contributed by atoms with Gasteiger partial charge in [-0.05, 0) is 22.1 Å². The third kappa shape index (κ3) is 1.79. The molecule has 0 radical (unpaired) electrons. The lowest BCUT2D eigenvalue weighted by Crippen LogP contribution is -2.17. The molecule has 2 atom stereocenters. The molecule has 1 aliphatic rings. The molecule has 1 fully saturated rings. The van der Waals surface area contributed by atoms with Gasteiger partial charge in [0.05, 0.1) is 5.41 Å². The Morgan fingerprint density at radius 3 is 1.90 bits per heavy atom. The lowest BCUT2D eigenvalue weighted by atomic mass is 9.88. The van der Waals surface area contributed by atoms with Crippen molar-refractivity contribution in [2.24, 2.45) is 11.3 Å². The minimum atomic E-state index is -0.663. The van der Waals surface area contributed by atoms with E-state index < -0.39 is 5.41 Å². The first-order chi connectivity index (χ1) is 10.1. The molecular weight excluding hydrogens is 260 g/mol. The number of hydrogen-bond donors (Lipinski definition) is 0. The lowest BCUT2D eigenvalue weighted by molar-refractivity contribution is -0.113. The molecule has 0 heterocycles. The molecule has 0 aromatic heterocycles. The topological polar surface area (TPSA) is 34.1 Å². The highest BCUT2D eigenvalue weighted by molar-refractivity contribution is 5.87. The van der Waals surface area contributed by atoms with Crippen molar-refractivity contribution in [3.05, 3.63) is 60.2 Å². The molecule has 2 unspecified atom stereocenters. The zero-order valence-electron chi connectivity index (χ0n) is 12.2. The Morgan fingerprint density at radius 1 is 0.857 bits per heavy atom. The zero-order chi connectivity index (χ0) is 15.1. The number of carbonyl (C=O) groups is 2. The second kappa shape index (κ2) is 4.66. The van der Waals surface area contributed by atoms with E-state index in [2.05, 4.69) is 12.1 Å². The highest BCUT2D eigenvalue weighted by Crippen LogP contribution is 2.67. The fourth-order valence-electron chi connectivity index (χ4n) is 3.53. The molecule has 1 saturated carbocycles. The van der Waals surface area contributed by atoms with Crippen LogP contribution in [0.2, 0.25) is 0 Å². The van der Waals surface area contributed by atoms with Gasteiger partial charge in [0.1, 0.15) is 12.6 Å². The van der Waals surface area contributed by atoms with Crippen LogP contribution < -0.4 is 0 Å². The maximum Gasteiger partial charge on any atom is 0.131 e. The third-order valence-electron chi connectivity index (χ3n) is 5.04. The first-order valence-corrected chi connectivity index (χ1v) is 7.15. The average Bonchev–Trinajstić information content (AvgIpc) is 3.03. The smallest absolute Gasteiger partial charge is 0.131 e. The number of benzene rings is 2. The Labute approximate surface area is 124 Å². The largest absolute Gasteiger partial charge is 0.303 e. The molecule has 2 heteroatoms. The van der Waals surface area contributed by atoms with Gasteiger partial charge in [-0.1, -0.05) is 68.4 Å². The SMILES string of the molecule is CC1(C)C(C=O)C1(C=O)c1ccc(-c2ccccc2)cc1.